The Kier molecular flexibility index (Phi) is 19.4. The maximum Gasteiger partial charge on any atom is 0.347 e. The van der Waals surface area contributed by atoms with Gasteiger partial charge >= 0.3 is 11.9 Å². The summed E-state index contributed by atoms with van der Waals surface area (Å²) in [6, 6.07) is 0. The summed E-state index contributed by atoms with van der Waals surface area (Å²) < 4.78 is 9.94. The molecule has 0 spiro atoms. The maximum absolute atomic E-state index is 12.0. The van der Waals surface area contributed by atoms with Crippen molar-refractivity contribution in [2.75, 3.05) is 13.2 Å². The summed E-state index contributed by atoms with van der Waals surface area (Å²) in [7, 11) is 0. The van der Waals surface area contributed by atoms with Crippen LogP contribution >= 0.6 is 0 Å². The molecule has 6 nitrogen and oxygen atoms in total. The van der Waals surface area contributed by atoms with E-state index < -0.39 is 30.8 Å². The van der Waals surface area contributed by atoms with Crippen molar-refractivity contribution in [2.45, 2.75) is 122 Å². The monoisotopic (exact) mass is 416 g/mol. The predicted molar refractivity (Wildman–Crippen MR) is 115 cm³/mol. The van der Waals surface area contributed by atoms with E-state index in [4.69, 9.17) is 14.6 Å². The molecule has 172 valence electrons. The van der Waals surface area contributed by atoms with Crippen molar-refractivity contribution in [2.24, 2.45) is 0 Å². The molecule has 0 aliphatic rings. The van der Waals surface area contributed by atoms with E-state index in [9.17, 15) is 14.7 Å². The van der Waals surface area contributed by atoms with Crippen LogP contribution in [0.5, 0.6) is 0 Å². The molecule has 0 heterocycles. The number of aliphatic hydroxyl groups excluding tert-OH is 2. The van der Waals surface area contributed by atoms with E-state index >= 15 is 0 Å². The van der Waals surface area contributed by atoms with Crippen molar-refractivity contribution in [3.8, 4) is 0 Å². The van der Waals surface area contributed by atoms with Gasteiger partial charge in [-0.3, -0.25) is 4.79 Å². The predicted octanol–water partition coefficient (Wildman–Crippen LogP) is 4.69. The quantitative estimate of drug-likeness (QED) is 0.221. The van der Waals surface area contributed by atoms with Crippen molar-refractivity contribution in [3.63, 3.8) is 0 Å². The highest BCUT2D eigenvalue weighted by molar-refractivity contribution is 5.78. The molecule has 0 bridgehead atoms. The highest BCUT2D eigenvalue weighted by Crippen LogP contribution is 2.15. The zero-order chi connectivity index (χ0) is 21.7. The SMILES string of the molecule is CCCCCCCCCCCCCCCCC(OC(C)=O)C(=O)OCC(O)CO. The molecule has 0 radical (unpaired) electrons. The lowest BCUT2D eigenvalue weighted by Gasteiger charge is -2.17. The van der Waals surface area contributed by atoms with Gasteiger partial charge in [0.05, 0.1) is 6.61 Å². The summed E-state index contributed by atoms with van der Waals surface area (Å²) in [5, 5.41) is 18.0. The van der Waals surface area contributed by atoms with Crippen molar-refractivity contribution < 1.29 is 29.3 Å². The Morgan fingerprint density at radius 2 is 1.24 bits per heavy atom. The second-order valence-electron chi connectivity index (χ2n) is 7.95. The average molecular weight is 417 g/mol. The largest absolute Gasteiger partial charge is 0.460 e. The summed E-state index contributed by atoms with van der Waals surface area (Å²) in [5.41, 5.74) is 0. The molecular weight excluding hydrogens is 372 g/mol. The van der Waals surface area contributed by atoms with Gasteiger partial charge in [0.15, 0.2) is 6.10 Å². The number of hydrogen-bond acceptors (Lipinski definition) is 6. The molecule has 0 saturated carbocycles. The number of esters is 2. The fourth-order valence-corrected chi connectivity index (χ4v) is 3.27. The van der Waals surface area contributed by atoms with Crippen molar-refractivity contribution in [1.29, 1.82) is 0 Å². The van der Waals surface area contributed by atoms with E-state index in [1.807, 2.05) is 0 Å². The van der Waals surface area contributed by atoms with Gasteiger partial charge in [-0.2, -0.15) is 0 Å². The normalized spacial score (nSPS) is 13.1. The highest BCUT2D eigenvalue weighted by atomic mass is 16.6. The zero-order valence-electron chi connectivity index (χ0n) is 18.7. The fraction of sp³-hybridized carbons (Fsp3) is 0.913. The Labute approximate surface area is 177 Å². The van der Waals surface area contributed by atoms with Gasteiger partial charge in [0, 0.05) is 6.92 Å². The van der Waals surface area contributed by atoms with Gasteiger partial charge in [0.2, 0.25) is 0 Å². The smallest absolute Gasteiger partial charge is 0.347 e. The van der Waals surface area contributed by atoms with Crippen LogP contribution in [0.25, 0.3) is 0 Å². The Morgan fingerprint density at radius 3 is 1.66 bits per heavy atom. The van der Waals surface area contributed by atoms with Gasteiger partial charge in [0.1, 0.15) is 12.7 Å². The Hall–Kier alpha value is -1.14. The number of aliphatic hydroxyl groups is 2. The number of carbonyl (C=O) groups excluding carboxylic acids is 2. The van der Waals surface area contributed by atoms with Crippen LogP contribution in [0.15, 0.2) is 0 Å². The molecule has 0 fully saturated rings. The molecule has 0 amide bonds. The molecule has 2 N–H and O–H groups in total. The molecule has 0 saturated heterocycles. The van der Waals surface area contributed by atoms with Gasteiger partial charge in [-0.25, -0.2) is 4.79 Å². The minimum absolute atomic E-state index is 0.300. The van der Waals surface area contributed by atoms with Crippen LogP contribution in [0.2, 0.25) is 0 Å². The van der Waals surface area contributed by atoms with Crippen LogP contribution in [0.1, 0.15) is 110 Å². The van der Waals surface area contributed by atoms with Gasteiger partial charge in [0.25, 0.3) is 0 Å². The van der Waals surface area contributed by atoms with E-state index in [0.29, 0.717) is 6.42 Å². The summed E-state index contributed by atoms with van der Waals surface area (Å²) in [5.74, 6) is -1.19. The van der Waals surface area contributed by atoms with Gasteiger partial charge in [-0.05, 0) is 12.8 Å². The van der Waals surface area contributed by atoms with Crippen LogP contribution in [0.3, 0.4) is 0 Å². The molecule has 6 heteroatoms. The number of hydrogen-bond donors (Lipinski definition) is 2. The van der Waals surface area contributed by atoms with Crippen LogP contribution in [-0.4, -0.2) is 47.6 Å². The first-order valence-electron chi connectivity index (χ1n) is 11.6. The van der Waals surface area contributed by atoms with Crippen molar-refractivity contribution >= 4 is 11.9 Å². The van der Waals surface area contributed by atoms with Crippen LogP contribution in [0.4, 0.5) is 0 Å². The van der Waals surface area contributed by atoms with Crippen molar-refractivity contribution in [1.82, 2.24) is 0 Å². The number of ether oxygens (including phenoxy) is 2. The standard InChI is InChI=1S/C23H44O6/c1-3-4-5-6-7-8-9-10-11-12-13-14-15-16-17-22(29-20(2)25)23(27)28-19-21(26)18-24/h21-22,24,26H,3-19H2,1-2H3. The molecule has 29 heavy (non-hydrogen) atoms. The van der Waals surface area contributed by atoms with E-state index in [0.717, 1.165) is 19.3 Å². The fourth-order valence-electron chi connectivity index (χ4n) is 3.27. The Balaban J connectivity index is 3.67. The molecule has 2 atom stereocenters. The van der Waals surface area contributed by atoms with E-state index in [-0.39, 0.29) is 6.61 Å². The summed E-state index contributed by atoms with van der Waals surface area (Å²) in [6.07, 6.45) is 15.9. The first kappa shape index (κ1) is 27.9. The van der Waals surface area contributed by atoms with Crippen LogP contribution in [-0.2, 0) is 19.1 Å². The zero-order valence-corrected chi connectivity index (χ0v) is 18.7. The lowest BCUT2D eigenvalue weighted by molar-refractivity contribution is -0.169. The molecule has 0 aromatic carbocycles. The molecular formula is C23H44O6. The third-order valence-corrected chi connectivity index (χ3v) is 5.02. The van der Waals surface area contributed by atoms with Crippen molar-refractivity contribution in [3.05, 3.63) is 0 Å². The second kappa shape index (κ2) is 20.1. The lowest BCUT2D eigenvalue weighted by atomic mass is 10.0. The van der Waals surface area contributed by atoms with Gasteiger partial charge in [-0.15, -0.1) is 0 Å². The van der Waals surface area contributed by atoms with Crippen LogP contribution in [0, 0.1) is 0 Å². The second-order valence-corrected chi connectivity index (χ2v) is 7.95. The summed E-state index contributed by atoms with van der Waals surface area (Å²) in [6.45, 7) is 2.73. The molecule has 0 rings (SSSR count). The lowest BCUT2D eigenvalue weighted by Crippen LogP contribution is -2.31. The molecule has 0 aliphatic carbocycles. The Bertz CT molecular complexity index is 399. The maximum atomic E-state index is 12.0. The van der Waals surface area contributed by atoms with E-state index in [2.05, 4.69) is 6.92 Å². The average Bonchev–Trinajstić information content (AvgIpc) is 2.70. The summed E-state index contributed by atoms with van der Waals surface area (Å²) in [4.78, 5) is 23.2. The number of carbonyl (C=O) groups is 2. The number of unbranched alkanes of at least 4 members (excludes halogenated alkanes) is 13. The van der Waals surface area contributed by atoms with Crippen LogP contribution < -0.4 is 0 Å². The van der Waals surface area contributed by atoms with Gasteiger partial charge in [-0.1, -0.05) is 90.4 Å². The molecule has 2 unspecified atom stereocenters. The number of rotatable bonds is 20. The Morgan fingerprint density at radius 1 is 0.793 bits per heavy atom. The molecule has 0 aromatic rings. The summed E-state index contributed by atoms with van der Waals surface area (Å²) >= 11 is 0. The van der Waals surface area contributed by atoms with Gasteiger partial charge < -0.3 is 19.7 Å². The first-order valence-corrected chi connectivity index (χ1v) is 11.6. The van der Waals surface area contributed by atoms with E-state index in [1.165, 1.54) is 77.6 Å². The topological polar surface area (TPSA) is 93.1 Å². The highest BCUT2D eigenvalue weighted by Gasteiger charge is 2.23. The minimum Gasteiger partial charge on any atom is -0.460 e. The third-order valence-electron chi connectivity index (χ3n) is 5.02. The molecule has 0 aliphatic heterocycles. The third kappa shape index (κ3) is 18.6. The van der Waals surface area contributed by atoms with E-state index in [1.54, 1.807) is 0 Å². The first-order chi connectivity index (χ1) is 14.0. The molecule has 0 aromatic heterocycles. The minimum atomic E-state index is -1.11.